The molecule has 0 unspecified atom stereocenters. The number of nitrogens with two attached hydrogens (primary N) is 1. The van der Waals surface area contributed by atoms with Crippen LogP contribution < -0.4 is 10.5 Å². The molecule has 0 aliphatic rings. The highest BCUT2D eigenvalue weighted by Crippen LogP contribution is 2.19. The summed E-state index contributed by atoms with van der Waals surface area (Å²) >= 11 is 4.77. The third-order valence-electron chi connectivity index (χ3n) is 2.32. The van der Waals surface area contributed by atoms with Crippen LogP contribution in [0.1, 0.15) is 11.3 Å². The molecular formula is C13H11FN2OS. The van der Waals surface area contributed by atoms with Crippen LogP contribution in [0.5, 0.6) is 5.75 Å². The van der Waals surface area contributed by atoms with Gasteiger partial charge in [-0.2, -0.15) is 0 Å². The fraction of sp³-hybridized carbons (Fsp3) is 0.0769. The number of hydrogen-bond donors (Lipinski definition) is 1. The molecule has 2 rings (SSSR count). The quantitative estimate of drug-likeness (QED) is 0.860. The van der Waals surface area contributed by atoms with Crippen molar-refractivity contribution >= 4 is 17.2 Å². The summed E-state index contributed by atoms with van der Waals surface area (Å²) in [7, 11) is 0. The second-order valence-electron chi connectivity index (χ2n) is 3.62. The summed E-state index contributed by atoms with van der Waals surface area (Å²) in [5.41, 5.74) is 6.62. The maximum absolute atomic E-state index is 13.7. The number of ether oxygens (including phenoxy) is 1. The van der Waals surface area contributed by atoms with E-state index in [1.54, 1.807) is 24.4 Å². The van der Waals surface area contributed by atoms with E-state index in [1.165, 1.54) is 12.1 Å². The molecule has 0 bridgehead atoms. The van der Waals surface area contributed by atoms with E-state index in [-0.39, 0.29) is 17.3 Å². The summed E-state index contributed by atoms with van der Waals surface area (Å²) in [5.74, 6) is -0.336. The van der Waals surface area contributed by atoms with Crippen molar-refractivity contribution in [1.82, 2.24) is 4.98 Å². The average Bonchev–Trinajstić information content (AvgIpc) is 2.38. The minimum atomic E-state index is -0.490. The van der Waals surface area contributed by atoms with E-state index in [9.17, 15) is 4.39 Å². The standard InChI is InChI=1S/C13H11FN2OS/c14-11-7-9(13(15)18)4-5-12(11)17-8-10-3-1-2-6-16-10/h1-7H,8H2,(H2,15,18). The average molecular weight is 262 g/mol. The first-order valence-electron chi connectivity index (χ1n) is 5.29. The lowest BCUT2D eigenvalue weighted by atomic mass is 10.2. The summed E-state index contributed by atoms with van der Waals surface area (Å²) in [6.07, 6.45) is 1.66. The molecule has 0 amide bonds. The van der Waals surface area contributed by atoms with Crippen LogP contribution in [0.25, 0.3) is 0 Å². The summed E-state index contributed by atoms with van der Waals surface area (Å²) < 4.78 is 19.0. The Bertz CT molecular complexity index is 560. The van der Waals surface area contributed by atoms with Crippen LogP contribution in [0, 0.1) is 5.82 Å². The Hall–Kier alpha value is -2.01. The van der Waals surface area contributed by atoms with Gasteiger partial charge in [-0.15, -0.1) is 0 Å². The van der Waals surface area contributed by atoms with E-state index in [2.05, 4.69) is 4.98 Å². The highest BCUT2D eigenvalue weighted by Gasteiger charge is 2.06. The second-order valence-corrected chi connectivity index (χ2v) is 4.06. The van der Waals surface area contributed by atoms with Gasteiger partial charge in [-0.1, -0.05) is 18.3 Å². The molecule has 0 saturated carbocycles. The van der Waals surface area contributed by atoms with Gasteiger partial charge in [0.05, 0.1) is 5.69 Å². The van der Waals surface area contributed by atoms with E-state index >= 15 is 0 Å². The number of benzene rings is 1. The lowest BCUT2D eigenvalue weighted by molar-refractivity contribution is 0.286. The Balaban J connectivity index is 2.08. The highest BCUT2D eigenvalue weighted by atomic mass is 32.1. The summed E-state index contributed by atoms with van der Waals surface area (Å²) in [6.45, 7) is 0.212. The number of pyridine rings is 1. The number of rotatable bonds is 4. The van der Waals surface area contributed by atoms with Gasteiger partial charge in [0.25, 0.3) is 0 Å². The number of aromatic nitrogens is 1. The molecule has 1 heterocycles. The van der Waals surface area contributed by atoms with E-state index in [0.717, 1.165) is 5.69 Å². The predicted molar refractivity (Wildman–Crippen MR) is 70.9 cm³/mol. The molecule has 0 spiro atoms. The summed E-state index contributed by atoms with van der Waals surface area (Å²) in [5, 5.41) is 0. The molecule has 2 aromatic rings. The lowest BCUT2D eigenvalue weighted by Crippen LogP contribution is -2.09. The molecule has 1 aromatic heterocycles. The Morgan fingerprint density at radius 2 is 2.17 bits per heavy atom. The maximum Gasteiger partial charge on any atom is 0.165 e. The Morgan fingerprint density at radius 1 is 1.33 bits per heavy atom. The Kier molecular flexibility index (Phi) is 3.84. The molecule has 0 atom stereocenters. The molecule has 3 nitrogen and oxygen atoms in total. The van der Waals surface area contributed by atoms with Crippen LogP contribution in [0.4, 0.5) is 4.39 Å². The number of thiocarbonyl (C=S) groups is 1. The van der Waals surface area contributed by atoms with Crippen molar-refractivity contribution in [3.63, 3.8) is 0 Å². The van der Waals surface area contributed by atoms with Gasteiger partial charge in [0.1, 0.15) is 11.6 Å². The van der Waals surface area contributed by atoms with E-state index < -0.39 is 5.82 Å². The molecule has 5 heteroatoms. The zero-order valence-corrected chi connectivity index (χ0v) is 10.3. The molecule has 1 aromatic carbocycles. The van der Waals surface area contributed by atoms with Crippen molar-refractivity contribution in [3.05, 3.63) is 59.7 Å². The molecular weight excluding hydrogens is 251 g/mol. The van der Waals surface area contributed by atoms with Gasteiger partial charge in [0, 0.05) is 11.8 Å². The fourth-order valence-electron chi connectivity index (χ4n) is 1.41. The number of hydrogen-bond acceptors (Lipinski definition) is 3. The third kappa shape index (κ3) is 3.01. The van der Waals surface area contributed by atoms with Crippen molar-refractivity contribution in [2.24, 2.45) is 5.73 Å². The second kappa shape index (κ2) is 5.55. The van der Waals surface area contributed by atoms with Crippen LogP contribution in [0.3, 0.4) is 0 Å². The smallest absolute Gasteiger partial charge is 0.165 e. The first-order valence-corrected chi connectivity index (χ1v) is 5.69. The van der Waals surface area contributed by atoms with Crippen molar-refractivity contribution in [2.75, 3.05) is 0 Å². The van der Waals surface area contributed by atoms with Gasteiger partial charge in [-0.3, -0.25) is 4.98 Å². The number of halogens is 1. The molecule has 92 valence electrons. The van der Waals surface area contributed by atoms with Crippen LogP contribution in [-0.4, -0.2) is 9.97 Å². The van der Waals surface area contributed by atoms with Gasteiger partial charge >= 0.3 is 0 Å². The Labute approximate surface area is 109 Å². The molecule has 18 heavy (non-hydrogen) atoms. The summed E-state index contributed by atoms with van der Waals surface area (Å²) in [4.78, 5) is 4.24. The van der Waals surface area contributed by atoms with Crippen LogP contribution in [0.15, 0.2) is 42.6 Å². The zero-order valence-electron chi connectivity index (χ0n) is 9.47. The van der Waals surface area contributed by atoms with Crippen molar-refractivity contribution in [1.29, 1.82) is 0 Å². The first-order chi connectivity index (χ1) is 8.66. The minimum Gasteiger partial charge on any atom is -0.484 e. The highest BCUT2D eigenvalue weighted by molar-refractivity contribution is 7.80. The van der Waals surface area contributed by atoms with Gasteiger partial charge in [0.2, 0.25) is 0 Å². The summed E-state index contributed by atoms with van der Waals surface area (Å²) in [6, 6.07) is 9.85. The minimum absolute atomic E-state index is 0.153. The van der Waals surface area contributed by atoms with Crippen molar-refractivity contribution < 1.29 is 9.13 Å². The maximum atomic E-state index is 13.7. The van der Waals surface area contributed by atoms with Gasteiger partial charge in [0.15, 0.2) is 11.6 Å². The molecule has 0 fully saturated rings. The zero-order chi connectivity index (χ0) is 13.0. The molecule has 0 radical (unpaired) electrons. The SMILES string of the molecule is NC(=S)c1ccc(OCc2ccccn2)c(F)c1. The van der Waals surface area contributed by atoms with E-state index in [0.29, 0.717) is 5.56 Å². The normalized spacial score (nSPS) is 10.1. The predicted octanol–water partition coefficient (Wildman–Crippen LogP) is 2.43. The van der Waals surface area contributed by atoms with Crippen molar-refractivity contribution in [3.8, 4) is 5.75 Å². The van der Waals surface area contributed by atoms with E-state index in [1.807, 2.05) is 6.07 Å². The van der Waals surface area contributed by atoms with Crippen LogP contribution in [0.2, 0.25) is 0 Å². The molecule has 0 saturated heterocycles. The number of nitrogens with zero attached hydrogens (tertiary/aromatic N) is 1. The van der Waals surface area contributed by atoms with E-state index in [4.69, 9.17) is 22.7 Å². The topological polar surface area (TPSA) is 48.1 Å². The van der Waals surface area contributed by atoms with Crippen molar-refractivity contribution in [2.45, 2.75) is 6.61 Å². The largest absolute Gasteiger partial charge is 0.484 e. The van der Waals surface area contributed by atoms with Gasteiger partial charge in [-0.05, 0) is 30.3 Å². The lowest BCUT2D eigenvalue weighted by Gasteiger charge is -2.07. The first kappa shape index (κ1) is 12.4. The van der Waals surface area contributed by atoms with Gasteiger partial charge < -0.3 is 10.5 Å². The van der Waals surface area contributed by atoms with Crippen LogP contribution in [-0.2, 0) is 6.61 Å². The van der Waals surface area contributed by atoms with Crippen LogP contribution >= 0.6 is 12.2 Å². The third-order valence-corrected chi connectivity index (χ3v) is 2.55. The Morgan fingerprint density at radius 3 is 2.78 bits per heavy atom. The van der Waals surface area contributed by atoms with Gasteiger partial charge in [-0.25, -0.2) is 4.39 Å². The molecule has 2 N–H and O–H groups in total. The molecule has 0 aliphatic carbocycles. The molecule has 0 aliphatic heterocycles. The fourth-order valence-corrected chi connectivity index (χ4v) is 1.53. The monoisotopic (exact) mass is 262 g/mol.